The number of rotatable bonds is 7. The van der Waals surface area contributed by atoms with Crippen LogP contribution in [0.1, 0.15) is 51.3 Å². The van der Waals surface area contributed by atoms with Crippen molar-refractivity contribution in [2.24, 2.45) is 0 Å². The van der Waals surface area contributed by atoms with Crippen molar-refractivity contribution in [3.63, 3.8) is 0 Å². The zero-order valence-corrected chi connectivity index (χ0v) is 20.0. The number of nitrogens with zero attached hydrogens (tertiary/aromatic N) is 4. The lowest BCUT2D eigenvalue weighted by molar-refractivity contribution is -0.118. The molecule has 34 heavy (non-hydrogen) atoms. The maximum absolute atomic E-state index is 12.9. The number of anilines is 1. The molecule has 1 aromatic heterocycles. The Morgan fingerprint density at radius 3 is 2.79 bits per heavy atom. The van der Waals surface area contributed by atoms with E-state index in [-0.39, 0.29) is 12.7 Å². The summed E-state index contributed by atoms with van der Waals surface area (Å²) >= 11 is 1.57. The number of benzene rings is 2. The van der Waals surface area contributed by atoms with Gasteiger partial charge in [-0.1, -0.05) is 56.1 Å². The van der Waals surface area contributed by atoms with E-state index in [4.69, 9.17) is 19.2 Å². The average Bonchev–Trinajstić information content (AvgIpc) is 3.26. The predicted molar refractivity (Wildman–Crippen MR) is 129 cm³/mol. The highest BCUT2D eigenvalue weighted by Gasteiger charge is 2.35. The van der Waals surface area contributed by atoms with Crippen LogP contribution in [0.25, 0.3) is 11.3 Å². The molecule has 2 aliphatic heterocycles. The first-order chi connectivity index (χ1) is 16.7. The van der Waals surface area contributed by atoms with Crippen LogP contribution in [-0.2, 0) is 4.79 Å². The molecule has 0 saturated heterocycles. The third kappa shape index (κ3) is 4.40. The van der Waals surface area contributed by atoms with Gasteiger partial charge in [0.25, 0.3) is 0 Å². The average molecular weight is 479 g/mol. The van der Waals surface area contributed by atoms with E-state index in [1.165, 1.54) is 26.2 Å². The van der Waals surface area contributed by atoms with E-state index in [0.717, 1.165) is 23.3 Å². The molecule has 3 heterocycles. The van der Waals surface area contributed by atoms with Gasteiger partial charge in [-0.25, -0.2) is 0 Å². The first-order valence-corrected chi connectivity index (χ1v) is 12.5. The van der Waals surface area contributed by atoms with Crippen LogP contribution in [0, 0.1) is 0 Å². The molecule has 3 aromatic rings. The predicted octanol–water partition coefficient (Wildman–Crippen LogP) is 5.38. The van der Waals surface area contributed by atoms with Crippen LogP contribution in [0.2, 0.25) is 0 Å². The molecule has 2 aromatic carbocycles. The van der Waals surface area contributed by atoms with E-state index in [0.29, 0.717) is 33.9 Å². The van der Waals surface area contributed by atoms with Crippen molar-refractivity contribution >= 4 is 23.4 Å². The molecule has 1 amide bonds. The second kappa shape index (κ2) is 9.89. The number of aromatic nitrogens is 3. The lowest BCUT2D eigenvalue weighted by Crippen LogP contribution is -2.36. The van der Waals surface area contributed by atoms with Gasteiger partial charge in [-0.3, -0.25) is 9.69 Å². The van der Waals surface area contributed by atoms with Crippen LogP contribution >= 0.6 is 11.8 Å². The summed E-state index contributed by atoms with van der Waals surface area (Å²) in [6.45, 7) is 3.89. The third-order valence-corrected chi connectivity index (χ3v) is 6.69. The largest absolute Gasteiger partial charge is 0.454 e. The smallest absolute Gasteiger partial charge is 0.247 e. The van der Waals surface area contributed by atoms with Crippen molar-refractivity contribution < 1.29 is 19.0 Å². The summed E-state index contributed by atoms with van der Waals surface area (Å²) in [5.41, 5.74) is 2.69. The van der Waals surface area contributed by atoms with Gasteiger partial charge in [-0.2, -0.15) is 4.98 Å². The molecule has 1 atom stereocenters. The fourth-order valence-electron chi connectivity index (χ4n) is 4.09. The summed E-state index contributed by atoms with van der Waals surface area (Å²) in [5, 5.41) is 9.38. The van der Waals surface area contributed by atoms with E-state index >= 15 is 0 Å². The van der Waals surface area contributed by atoms with Crippen LogP contribution in [0.4, 0.5) is 5.69 Å². The molecule has 9 heteroatoms. The fourth-order valence-corrected chi connectivity index (χ4v) is 4.87. The van der Waals surface area contributed by atoms with E-state index in [9.17, 15) is 4.79 Å². The standard InChI is InChI=1S/C25H26N4O4S/c1-3-4-5-8-13-34-25-26-23-22(27-28-25)18-9-6-7-10-19(18)29(16(2)30)24(33-23)17-11-12-20-21(14-17)32-15-31-20/h6-7,9-12,14,24H,3-5,8,13,15H2,1-2H3/t24-/m1/s1. The van der Waals surface area contributed by atoms with Gasteiger partial charge in [-0.15, -0.1) is 10.2 Å². The zero-order chi connectivity index (χ0) is 23.5. The van der Waals surface area contributed by atoms with Crippen molar-refractivity contribution in [1.29, 1.82) is 0 Å². The minimum absolute atomic E-state index is 0.165. The number of thioether (sulfide) groups is 1. The minimum Gasteiger partial charge on any atom is -0.454 e. The molecule has 0 N–H and O–H groups in total. The van der Waals surface area contributed by atoms with Crippen molar-refractivity contribution in [3.8, 4) is 28.6 Å². The minimum atomic E-state index is -0.756. The molecule has 0 aliphatic carbocycles. The first-order valence-electron chi connectivity index (χ1n) is 11.5. The molecule has 2 aliphatic rings. The van der Waals surface area contributed by atoms with Gasteiger partial charge >= 0.3 is 0 Å². The summed E-state index contributed by atoms with van der Waals surface area (Å²) in [5.74, 6) is 2.39. The molecule has 5 rings (SSSR count). The van der Waals surface area contributed by atoms with Crippen molar-refractivity contribution in [2.45, 2.75) is 50.9 Å². The lowest BCUT2D eigenvalue weighted by atomic mass is 10.1. The summed E-state index contributed by atoms with van der Waals surface area (Å²) in [6, 6.07) is 13.1. The maximum Gasteiger partial charge on any atom is 0.247 e. The van der Waals surface area contributed by atoms with Gasteiger partial charge < -0.3 is 14.2 Å². The highest BCUT2D eigenvalue weighted by molar-refractivity contribution is 7.99. The fraction of sp³-hybridized carbons (Fsp3) is 0.360. The Kier molecular flexibility index (Phi) is 6.53. The Hall–Kier alpha value is -3.33. The van der Waals surface area contributed by atoms with Crippen LogP contribution < -0.4 is 19.1 Å². The maximum atomic E-state index is 12.9. The number of para-hydroxylation sites is 1. The molecule has 0 unspecified atom stereocenters. The zero-order valence-electron chi connectivity index (χ0n) is 19.2. The van der Waals surface area contributed by atoms with Crippen LogP contribution in [-0.4, -0.2) is 33.6 Å². The summed E-state index contributed by atoms with van der Waals surface area (Å²) < 4.78 is 17.4. The van der Waals surface area contributed by atoms with Gasteiger partial charge in [0.05, 0.1) is 5.69 Å². The SMILES string of the molecule is CCCCCCSc1nnc2c(n1)O[C@H](c1ccc3c(c1)OCO3)N(C(C)=O)c1ccccc1-2. The van der Waals surface area contributed by atoms with Gasteiger partial charge in [0.2, 0.25) is 30.0 Å². The summed E-state index contributed by atoms with van der Waals surface area (Å²) in [7, 11) is 0. The Labute approximate surface area is 202 Å². The van der Waals surface area contributed by atoms with E-state index in [1.54, 1.807) is 16.7 Å². The molecule has 0 bridgehead atoms. The van der Waals surface area contributed by atoms with Crippen LogP contribution in [0.5, 0.6) is 17.4 Å². The normalized spacial score (nSPS) is 15.8. The van der Waals surface area contributed by atoms with E-state index < -0.39 is 6.23 Å². The molecule has 0 saturated carbocycles. The number of amides is 1. The lowest BCUT2D eigenvalue weighted by Gasteiger charge is -2.29. The number of ether oxygens (including phenoxy) is 3. The number of unbranched alkanes of at least 4 members (excludes halogenated alkanes) is 3. The molecule has 0 radical (unpaired) electrons. The van der Waals surface area contributed by atoms with Gasteiger partial charge in [0, 0.05) is 23.8 Å². The molecule has 0 fully saturated rings. The van der Waals surface area contributed by atoms with Crippen molar-refractivity contribution in [1.82, 2.24) is 15.2 Å². The second-order valence-corrected chi connectivity index (χ2v) is 9.21. The molecular formula is C25H26N4O4S. The number of hydrogen-bond donors (Lipinski definition) is 0. The number of hydrogen-bond acceptors (Lipinski definition) is 8. The van der Waals surface area contributed by atoms with Crippen molar-refractivity contribution in [2.75, 3.05) is 17.4 Å². The summed E-state index contributed by atoms with van der Waals surface area (Å²) in [6.07, 6.45) is 3.95. The molecule has 8 nitrogen and oxygen atoms in total. The Bertz CT molecular complexity index is 1210. The number of carbonyl (C=O) groups is 1. The number of carbonyl (C=O) groups excluding carboxylic acids is 1. The van der Waals surface area contributed by atoms with E-state index in [2.05, 4.69) is 17.1 Å². The monoisotopic (exact) mass is 478 g/mol. The van der Waals surface area contributed by atoms with Crippen molar-refractivity contribution in [3.05, 3.63) is 48.0 Å². The van der Waals surface area contributed by atoms with Crippen LogP contribution in [0.3, 0.4) is 0 Å². The topological polar surface area (TPSA) is 86.7 Å². The van der Waals surface area contributed by atoms with Crippen LogP contribution in [0.15, 0.2) is 47.6 Å². The quantitative estimate of drug-likeness (QED) is 0.330. The van der Waals surface area contributed by atoms with Gasteiger partial charge in [0.1, 0.15) is 0 Å². The Balaban J connectivity index is 1.54. The Morgan fingerprint density at radius 2 is 1.94 bits per heavy atom. The first kappa shape index (κ1) is 22.5. The molecular weight excluding hydrogens is 452 g/mol. The van der Waals surface area contributed by atoms with E-state index in [1.807, 2.05) is 42.5 Å². The van der Waals surface area contributed by atoms with Gasteiger partial charge in [0.15, 0.2) is 17.2 Å². The highest BCUT2D eigenvalue weighted by Crippen LogP contribution is 2.44. The Morgan fingerprint density at radius 1 is 1.09 bits per heavy atom. The number of fused-ring (bicyclic) bond motifs is 4. The van der Waals surface area contributed by atoms with Gasteiger partial charge in [-0.05, 0) is 30.7 Å². The highest BCUT2D eigenvalue weighted by atomic mass is 32.2. The second-order valence-electron chi connectivity index (χ2n) is 8.15. The molecule has 0 spiro atoms. The molecule has 176 valence electrons. The third-order valence-electron chi connectivity index (χ3n) is 5.76. The summed E-state index contributed by atoms with van der Waals surface area (Å²) in [4.78, 5) is 19.2.